The van der Waals surface area contributed by atoms with E-state index in [1.54, 1.807) is 23.1 Å². The molecule has 26 heavy (non-hydrogen) atoms. The van der Waals surface area contributed by atoms with Gasteiger partial charge in [0.1, 0.15) is 0 Å². The van der Waals surface area contributed by atoms with Crippen molar-refractivity contribution in [2.75, 3.05) is 39.3 Å². The molecule has 2 amide bonds. The van der Waals surface area contributed by atoms with E-state index in [-0.39, 0.29) is 24.2 Å². The molecule has 5 nitrogen and oxygen atoms in total. The molecule has 2 fully saturated rings. The Hall–Kier alpha value is -1.01. The number of nitrogens with one attached hydrogen (secondary N) is 1. The zero-order valence-corrected chi connectivity index (χ0v) is 16.9. The van der Waals surface area contributed by atoms with E-state index in [4.69, 9.17) is 23.2 Å². The first kappa shape index (κ1) is 21.3. The number of hydrogen-bond acceptors (Lipinski definition) is 3. The zero-order chi connectivity index (χ0) is 17.8. The molecular formula is C18H24Cl3N3O2. The van der Waals surface area contributed by atoms with Crippen LogP contribution >= 0.6 is 35.6 Å². The molecule has 0 bridgehead atoms. The van der Waals surface area contributed by atoms with Crippen LogP contribution in [0.1, 0.15) is 29.6 Å². The fourth-order valence-corrected chi connectivity index (χ4v) is 3.93. The molecule has 0 aromatic heterocycles. The smallest absolute Gasteiger partial charge is 0.255 e. The second kappa shape index (κ2) is 9.79. The lowest BCUT2D eigenvalue weighted by atomic mass is 10.0. The van der Waals surface area contributed by atoms with Gasteiger partial charge in [0, 0.05) is 37.6 Å². The number of benzene rings is 1. The summed E-state index contributed by atoms with van der Waals surface area (Å²) in [6, 6.07) is 4.90. The average molecular weight is 421 g/mol. The monoisotopic (exact) mass is 419 g/mol. The van der Waals surface area contributed by atoms with E-state index in [0.29, 0.717) is 54.1 Å². The molecule has 2 aliphatic rings. The first-order valence-corrected chi connectivity index (χ1v) is 9.53. The zero-order valence-electron chi connectivity index (χ0n) is 14.5. The molecule has 2 heterocycles. The van der Waals surface area contributed by atoms with Gasteiger partial charge in [-0.25, -0.2) is 0 Å². The van der Waals surface area contributed by atoms with Crippen LogP contribution in [0, 0.1) is 5.92 Å². The minimum absolute atomic E-state index is 0. The Morgan fingerprint density at radius 2 is 1.81 bits per heavy atom. The van der Waals surface area contributed by atoms with Crippen molar-refractivity contribution < 1.29 is 9.59 Å². The molecule has 1 aromatic rings. The van der Waals surface area contributed by atoms with Crippen molar-refractivity contribution in [1.29, 1.82) is 0 Å². The molecule has 0 aliphatic carbocycles. The molecule has 1 unspecified atom stereocenters. The number of amides is 2. The van der Waals surface area contributed by atoms with Gasteiger partial charge in [0.15, 0.2) is 0 Å². The van der Waals surface area contributed by atoms with Crippen LogP contribution in [0.15, 0.2) is 18.2 Å². The van der Waals surface area contributed by atoms with Crippen molar-refractivity contribution in [3.63, 3.8) is 0 Å². The van der Waals surface area contributed by atoms with Gasteiger partial charge in [0.25, 0.3) is 5.91 Å². The van der Waals surface area contributed by atoms with E-state index < -0.39 is 0 Å². The Kier molecular flexibility index (Phi) is 8.02. The number of carbonyl (C=O) groups excluding carboxylic acids is 2. The fourth-order valence-electron chi connectivity index (χ4n) is 3.44. The third-order valence-electron chi connectivity index (χ3n) is 5.01. The number of carbonyl (C=O) groups is 2. The van der Waals surface area contributed by atoms with Crippen LogP contribution in [0.5, 0.6) is 0 Å². The van der Waals surface area contributed by atoms with Crippen molar-refractivity contribution in [3.8, 4) is 0 Å². The molecule has 0 saturated carbocycles. The molecule has 1 aromatic carbocycles. The van der Waals surface area contributed by atoms with Gasteiger partial charge in [-0.2, -0.15) is 0 Å². The predicted molar refractivity (Wildman–Crippen MR) is 106 cm³/mol. The lowest BCUT2D eigenvalue weighted by Crippen LogP contribution is -2.50. The summed E-state index contributed by atoms with van der Waals surface area (Å²) in [6.45, 7) is 4.32. The summed E-state index contributed by atoms with van der Waals surface area (Å²) in [5.41, 5.74) is 0.458. The lowest BCUT2D eigenvalue weighted by Gasteiger charge is -2.35. The quantitative estimate of drug-likeness (QED) is 0.814. The van der Waals surface area contributed by atoms with Crippen LogP contribution in [-0.2, 0) is 4.79 Å². The van der Waals surface area contributed by atoms with E-state index in [9.17, 15) is 9.59 Å². The maximum Gasteiger partial charge on any atom is 0.255 e. The maximum atomic E-state index is 12.6. The summed E-state index contributed by atoms with van der Waals surface area (Å²) in [5, 5.41) is 4.20. The summed E-state index contributed by atoms with van der Waals surface area (Å²) in [4.78, 5) is 28.6. The number of hydrogen-bond donors (Lipinski definition) is 1. The van der Waals surface area contributed by atoms with E-state index in [1.807, 2.05) is 4.90 Å². The molecule has 0 radical (unpaired) electrons. The van der Waals surface area contributed by atoms with Gasteiger partial charge in [0.2, 0.25) is 5.91 Å². The molecule has 3 rings (SSSR count). The number of halogens is 3. The molecule has 2 saturated heterocycles. The van der Waals surface area contributed by atoms with Crippen molar-refractivity contribution in [1.82, 2.24) is 15.1 Å². The van der Waals surface area contributed by atoms with Gasteiger partial charge < -0.3 is 15.1 Å². The summed E-state index contributed by atoms with van der Waals surface area (Å²) in [5.74, 6) is 0.716. The molecule has 1 N–H and O–H groups in total. The molecule has 0 spiro atoms. The van der Waals surface area contributed by atoms with E-state index in [2.05, 4.69) is 5.32 Å². The van der Waals surface area contributed by atoms with Crippen molar-refractivity contribution in [2.45, 2.75) is 19.3 Å². The van der Waals surface area contributed by atoms with Crippen LogP contribution in [0.3, 0.4) is 0 Å². The summed E-state index contributed by atoms with van der Waals surface area (Å²) < 4.78 is 0. The fraction of sp³-hybridized carbons (Fsp3) is 0.556. The number of piperazine rings is 1. The normalized spacial score (nSPS) is 20.0. The first-order valence-electron chi connectivity index (χ1n) is 8.77. The second-order valence-electron chi connectivity index (χ2n) is 6.69. The average Bonchev–Trinajstić information content (AvgIpc) is 3.13. The highest BCUT2D eigenvalue weighted by Crippen LogP contribution is 2.23. The van der Waals surface area contributed by atoms with E-state index in [1.165, 1.54) is 0 Å². The van der Waals surface area contributed by atoms with Gasteiger partial charge in [-0.15, -0.1) is 12.4 Å². The predicted octanol–water partition coefficient (Wildman–Crippen LogP) is 3.09. The number of nitrogens with zero attached hydrogens (tertiary/aromatic N) is 2. The highest BCUT2D eigenvalue weighted by molar-refractivity contribution is 6.36. The Bertz CT molecular complexity index is 643. The molecule has 8 heteroatoms. The van der Waals surface area contributed by atoms with Gasteiger partial charge >= 0.3 is 0 Å². The highest BCUT2D eigenvalue weighted by atomic mass is 35.5. The van der Waals surface area contributed by atoms with Gasteiger partial charge in [0.05, 0.1) is 10.6 Å². The molecule has 1 atom stereocenters. The van der Waals surface area contributed by atoms with Crippen LogP contribution in [-0.4, -0.2) is 60.9 Å². The Morgan fingerprint density at radius 1 is 1.12 bits per heavy atom. The minimum atomic E-state index is -0.106. The topological polar surface area (TPSA) is 52.7 Å². The summed E-state index contributed by atoms with van der Waals surface area (Å²) in [6.07, 6.45) is 2.71. The Labute approximate surface area is 170 Å². The van der Waals surface area contributed by atoms with Crippen LogP contribution in [0.2, 0.25) is 10.0 Å². The van der Waals surface area contributed by atoms with Crippen LogP contribution in [0.25, 0.3) is 0 Å². The standard InChI is InChI=1S/C18H23Cl2N3O2.ClH/c19-14-2-3-15(16(20)11-14)18(25)23-9-7-22(8-10-23)17(24)4-1-13-5-6-21-12-13;/h2-3,11,13,21H,1,4-10,12H2;1H. The Morgan fingerprint density at radius 3 is 2.42 bits per heavy atom. The maximum absolute atomic E-state index is 12.6. The third kappa shape index (κ3) is 5.26. The van der Waals surface area contributed by atoms with E-state index >= 15 is 0 Å². The van der Waals surface area contributed by atoms with Gasteiger partial charge in [-0.3, -0.25) is 9.59 Å². The summed E-state index contributed by atoms with van der Waals surface area (Å²) in [7, 11) is 0. The second-order valence-corrected chi connectivity index (χ2v) is 7.54. The van der Waals surface area contributed by atoms with Crippen LogP contribution < -0.4 is 5.32 Å². The van der Waals surface area contributed by atoms with Crippen molar-refractivity contribution in [2.24, 2.45) is 5.92 Å². The van der Waals surface area contributed by atoms with E-state index in [0.717, 1.165) is 25.9 Å². The largest absolute Gasteiger partial charge is 0.339 e. The van der Waals surface area contributed by atoms with Crippen LogP contribution in [0.4, 0.5) is 0 Å². The van der Waals surface area contributed by atoms with Gasteiger partial charge in [-0.1, -0.05) is 23.2 Å². The SMILES string of the molecule is Cl.O=C(CCC1CCNC1)N1CCN(C(=O)c2ccc(Cl)cc2Cl)CC1. The molecular weight excluding hydrogens is 397 g/mol. The highest BCUT2D eigenvalue weighted by Gasteiger charge is 2.26. The van der Waals surface area contributed by atoms with Gasteiger partial charge in [-0.05, 0) is 50.0 Å². The molecule has 144 valence electrons. The Balaban J connectivity index is 0.00000243. The molecule has 2 aliphatic heterocycles. The minimum Gasteiger partial charge on any atom is -0.339 e. The lowest BCUT2D eigenvalue weighted by molar-refractivity contribution is -0.132. The first-order chi connectivity index (χ1) is 12.0. The third-order valence-corrected chi connectivity index (χ3v) is 5.56. The summed E-state index contributed by atoms with van der Waals surface area (Å²) >= 11 is 12.0. The van der Waals surface area contributed by atoms with Crippen molar-refractivity contribution in [3.05, 3.63) is 33.8 Å². The number of rotatable bonds is 4. The van der Waals surface area contributed by atoms with Crippen molar-refractivity contribution >= 4 is 47.4 Å².